The van der Waals surface area contributed by atoms with Gasteiger partial charge < -0.3 is 4.74 Å². The number of ether oxygens (including phenoxy) is 1. The molecule has 1 aromatic rings. The van der Waals surface area contributed by atoms with Gasteiger partial charge in [-0.2, -0.15) is 0 Å². The number of benzene rings is 1. The lowest BCUT2D eigenvalue weighted by Crippen LogP contribution is -2.00. The topological polar surface area (TPSA) is 26.3 Å². The van der Waals surface area contributed by atoms with Crippen LogP contribution >= 0.6 is 0 Å². The molecule has 1 rings (SSSR count). The fourth-order valence-corrected chi connectivity index (χ4v) is 1.04. The van der Waals surface area contributed by atoms with Crippen molar-refractivity contribution in [1.29, 1.82) is 0 Å². The Labute approximate surface area is 90.3 Å². The quantitative estimate of drug-likeness (QED) is 0.516. The maximum Gasteiger partial charge on any atom is 0.337 e. The first kappa shape index (κ1) is 11.3. The van der Waals surface area contributed by atoms with Crippen molar-refractivity contribution in [2.45, 2.75) is 13.8 Å². The van der Waals surface area contributed by atoms with Crippen molar-refractivity contribution in [2.75, 3.05) is 7.11 Å². The lowest BCUT2D eigenvalue weighted by Gasteiger charge is -1.98. The van der Waals surface area contributed by atoms with E-state index in [1.807, 2.05) is 26.0 Å². The largest absolute Gasteiger partial charge is 0.465 e. The molecule has 0 amide bonds. The van der Waals surface area contributed by atoms with E-state index in [2.05, 4.69) is 16.6 Å². The van der Waals surface area contributed by atoms with E-state index in [0.717, 1.165) is 5.56 Å². The predicted octanol–water partition coefficient (Wildman–Crippen LogP) is 2.48. The summed E-state index contributed by atoms with van der Waals surface area (Å²) in [5.41, 5.74) is 1.46. The molecule has 0 atom stereocenters. The second-order valence-corrected chi connectivity index (χ2v) is 3.49. The van der Waals surface area contributed by atoms with E-state index < -0.39 is 0 Å². The monoisotopic (exact) mass is 202 g/mol. The number of methoxy groups -OCH3 is 1. The fourth-order valence-electron chi connectivity index (χ4n) is 1.04. The summed E-state index contributed by atoms with van der Waals surface area (Å²) in [6.45, 7) is 4.08. The van der Waals surface area contributed by atoms with E-state index in [0.29, 0.717) is 11.5 Å². The molecule has 0 aliphatic rings. The van der Waals surface area contributed by atoms with Crippen molar-refractivity contribution < 1.29 is 9.53 Å². The molecule has 0 aliphatic heterocycles. The molecule has 0 aromatic heterocycles. The van der Waals surface area contributed by atoms with E-state index in [-0.39, 0.29) is 5.97 Å². The average molecular weight is 202 g/mol. The standard InChI is InChI=1S/C13H14O2/c1-10(2)4-5-11-6-8-12(9-7-11)13(14)15-3/h6-10H,1-3H3. The van der Waals surface area contributed by atoms with Crippen LogP contribution in [0.2, 0.25) is 0 Å². The zero-order chi connectivity index (χ0) is 11.3. The Morgan fingerprint density at radius 1 is 1.27 bits per heavy atom. The Bertz CT molecular complexity index is 391. The lowest BCUT2D eigenvalue weighted by atomic mass is 10.1. The van der Waals surface area contributed by atoms with Gasteiger partial charge in [0.15, 0.2) is 0 Å². The van der Waals surface area contributed by atoms with Crippen molar-refractivity contribution in [1.82, 2.24) is 0 Å². The molecular weight excluding hydrogens is 188 g/mol. The van der Waals surface area contributed by atoms with E-state index in [9.17, 15) is 4.79 Å². The molecule has 0 aliphatic carbocycles. The SMILES string of the molecule is COC(=O)c1ccc(C#CC(C)C)cc1. The van der Waals surface area contributed by atoms with Crippen LogP contribution in [0.5, 0.6) is 0 Å². The summed E-state index contributed by atoms with van der Waals surface area (Å²) < 4.78 is 4.60. The number of rotatable bonds is 1. The van der Waals surface area contributed by atoms with Crippen LogP contribution < -0.4 is 0 Å². The first-order chi connectivity index (χ1) is 7.13. The van der Waals surface area contributed by atoms with Crippen molar-refractivity contribution in [3.05, 3.63) is 35.4 Å². The molecule has 0 bridgehead atoms. The van der Waals surface area contributed by atoms with Gasteiger partial charge in [-0.05, 0) is 24.3 Å². The number of hydrogen-bond acceptors (Lipinski definition) is 2. The third kappa shape index (κ3) is 3.47. The highest BCUT2D eigenvalue weighted by molar-refractivity contribution is 5.89. The Morgan fingerprint density at radius 2 is 1.87 bits per heavy atom. The average Bonchev–Trinajstić information content (AvgIpc) is 2.26. The summed E-state index contributed by atoms with van der Waals surface area (Å²) in [6.07, 6.45) is 0. The highest BCUT2D eigenvalue weighted by atomic mass is 16.5. The van der Waals surface area contributed by atoms with Crippen molar-refractivity contribution >= 4 is 5.97 Å². The maximum absolute atomic E-state index is 11.1. The fraction of sp³-hybridized carbons (Fsp3) is 0.308. The Hall–Kier alpha value is -1.75. The van der Waals surface area contributed by atoms with Gasteiger partial charge in [-0.15, -0.1) is 0 Å². The van der Waals surface area contributed by atoms with E-state index in [1.165, 1.54) is 7.11 Å². The zero-order valence-electron chi connectivity index (χ0n) is 9.20. The molecule has 0 saturated carbocycles. The molecule has 1 aromatic carbocycles. The van der Waals surface area contributed by atoms with Gasteiger partial charge in [0.05, 0.1) is 12.7 Å². The van der Waals surface area contributed by atoms with Gasteiger partial charge >= 0.3 is 5.97 Å². The third-order valence-electron chi connectivity index (χ3n) is 1.81. The summed E-state index contributed by atoms with van der Waals surface area (Å²) >= 11 is 0. The molecule has 2 heteroatoms. The van der Waals surface area contributed by atoms with Crippen LogP contribution in [-0.2, 0) is 4.74 Å². The van der Waals surface area contributed by atoms with Gasteiger partial charge in [-0.1, -0.05) is 25.7 Å². The first-order valence-corrected chi connectivity index (χ1v) is 4.83. The maximum atomic E-state index is 11.1. The molecule has 0 radical (unpaired) electrons. The smallest absolute Gasteiger partial charge is 0.337 e. The molecule has 0 N–H and O–H groups in total. The first-order valence-electron chi connectivity index (χ1n) is 4.83. The molecular formula is C13H14O2. The van der Waals surface area contributed by atoms with Crippen LogP contribution in [0.1, 0.15) is 29.8 Å². The summed E-state index contributed by atoms with van der Waals surface area (Å²) in [4.78, 5) is 11.1. The third-order valence-corrected chi connectivity index (χ3v) is 1.81. The van der Waals surface area contributed by atoms with Gasteiger partial charge in [0.1, 0.15) is 0 Å². The summed E-state index contributed by atoms with van der Waals surface area (Å²) in [7, 11) is 1.37. The second kappa shape index (κ2) is 5.21. The Kier molecular flexibility index (Phi) is 3.93. The predicted molar refractivity (Wildman–Crippen MR) is 59.5 cm³/mol. The highest BCUT2D eigenvalue weighted by Crippen LogP contribution is 2.04. The molecule has 15 heavy (non-hydrogen) atoms. The number of esters is 1. The molecule has 0 heterocycles. The molecule has 0 unspecified atom stereocenters. The molecule has 0 spiro atoms. The molecule has 0 fully saturated rings. The normalized spacial score (nSPS) is 9.33. The van der Waals surface area contributed by atoms with Crippen molar-refractivity contribution in [2.24, 2.45) is 5.92 Å². The lowest BCUT2D eigenvalue weighted by molar-refractivity contribution is 0.0601. The van der Waals surface area contributed by atoms with Gasteiger partial charge in [0.2, 0.25) is 0 Å². The van der Waals surface area contributed by atoms with Crippen LogP contribution in [-0.4, -0.2) is 13.1 Å². The minimum atomic E-state index is -0.321. The van der Waals surface area contributed by atoms with Gasteiger partial charge in [0, 0.05) is 11.5 Å². The van der Waals surface area contributed by atoms with Gasteiger partial charge in [0.25, 0.3) is 0 Å². The van der Waals surface area contributed by atoms with Crippen LogP contribution in [0.15, 0.2) is 24.3 Å². The van der Waals surface area contributed by atoms with Crippen LogP contribution in [0.25, 0.3) is 0 Å². The number of carbonyl (C=O) groups is 1. The van der Waals surface area contributed by atoms with Crippen molar-refractivity contribution in [3.8, 4) is 11.8 Å². The summed E-state index contributed by atoms with van der Waals surface area (Å²) in [5.74, 6) is 6.12. The minimum absolute atomic E-state index is 0.321. The van der Waals surface area contributed by atoms with E-state index >= 15 is 0 Å². The van der Waals surface area contributed by atoms with Crippen LogP contribution in [0.4, 0.5) is 0 Å². The zero-order valence-corrected chi connectivity index (χ0v) is 9.20. The van der Waals surface area contributed by atoms with Gasteiger partial charge in [-0.3, -0.25) is 0 Å². The molecule has 2 nitrogen and oxygen atoms in total. The van der Waals surface area contributed by atoms with Crippen molar-refractivity contribution in [3.63, 3.8) is 0 Å². The van der Waals surface area contributed by atoms with Crippen LogP contribution in [0, 0.1) is 17.8 Å². The number of carbonyl (C=O) groups excluding carboxylic acids is 1. The number of hydrogen-bond donors (Lipinski definition) is 0. The van der Waals surface area contributed by atoms with E-state index in [1.54, 1.807) is 12.1 Å². The Balaban J connectivity index is 2.83. The second-order valence-electron chi connectivity index (χ2n) is 3.49. The molecule has 78 valence electrons. The Morgan fingerprint density at radius 3 is 2.33 bits per heavy atom. The van der Waals surface area contributed by atoms with E-state index in [4.69, 9.17) is 0 Å². The van der Waals surface area contributed by atoms with Gasteiger partial charge in [-0.25, -0.2) is 4.79 Å². The van der Waals surface area contributed by atoms with Crippen LogP contribution in [0.3, 0.4) is 0 Å². The highest BCUT2D eigenvalue weighted by Gasteiger charge is 2.02. The molecule has 0 saturated heterocycles. The summed E-state index contributed by atoms with van der Waals surface area (Å²) in [5, 5.41) is 0. The summed E-state index contributed by atoms with van der Waals surface area (Å²) in [6, 6.07) is 7.08. The minimum Gasteiger partial charge on any atom is -0.465 e.